The quantitative estimate of drug-likeness (QED) is 0.858. The topological polar surface area (TPSA) is 122 Å². The molecule has 0 radical (unpaired) electrons. The Hall–Kier alpha value is -3.63. The Labute approximate surface area is 126 Å². The van der Waals surface area contributed by atoms with E-state index in [2.05, 4.69) is 15.5 Å². The molecule has 0 unspecified atom stereocenters. The lowest BCUT2D eigenvalue weighted by Crippen LogP contribution is -2.00. The molecule has 0 saturated heterocycles. The maximum atomic E-state index is 9.03. The van der Waals surface area contributed by atoms with E-state index in [1.807, 2.05) is 6.92 Å². The molecule has 106 valence electrons. The van der Waals surface area contributed by atoms with Gasteiger partial charge < -0.3 is 9.73 Å². The fraction of sp³-hybridized carbons (Fsp3) is 0.133. The van der Waals surface area contributed by atoms with Crippen molar-refractivity contribution in [1.82, 2.24) is 10.2 Å². The van der Waals surface area contributed by atoms with Gasteiger partial charge in [0, 0.05) is 17.7 Å². The number of nitrogens with one attached hydrogen (secondary N) is 1. The standard InChI is InChI=1S/C15H10N6O/c1-2-14-20-21-15(22-14)10-4-3-5-12(6-10)19-13(9-18)11(7-16)8-17/h3-6,19H,2H2,1H3. The number of aryl methyl sites for hydroxylation is 1. The van der Waals surface area contributed by atoms with Crippen molar-refractivity contribution in [3.8, 4) is 29.7 Å². The summed E-state index contributed by atoms with van der Waals surface area (Å²) in [6.45, 7) is 1.91. The normalized spacial score (nSPS) is 9.18. The van der Waals surface area contributed by atoms with Gasteiger partial charge in [-0.25, -0.2) is 0 Å². The van der Waals surface area contributed by atoms with Gasteiger partial charge in [-0.05, 0) is 18.2 Å². The van der Waals surface area contributed by atoms with Crippen molar-refractivity contribution >= 4 is 5.69 Å². The molecule has 0 amide bonds. The molecule has 0 spiro atoms. The lowest BCUT2D eigenvalue weighted by Gasteiger charge is -2.05. The number of anilines is 1. The van der Waals surface area contributed by atoms with Gasteiger partial charge in [-0.3, -0.25) is 0 Å². The number of nitriles is 3. The van der Waals surface area contributed by atoms with E-state index >= 15 is 0 Å². The molecule has 0 aliphatic heterocycles. The molecule has 0 saturated carbocycles. The summed E-state index contributed by atoms with van der Waals surface area (Å²) in [5.74, 6) is 0.894. The van der Waals surface area contributed by atoms with Crippen LogP contribution in [0.3, 0.4) is 0 Å². The summed E-state index contributed by atoms with van der Waals surface area (Å²) in [7, 11) is 0. The Morgan fingerprint density at radius 2 is 1.95 bits per heavy atom. The van der Waals surface area contributed by atoms with Crippen LogP contribution < -0.4 is 5.32 Å². The molecule has 7 nitrogen and oxygen atoms in total. The first-order valence-corrected chi connectivity index (χ1v) is 6.36. The lowest BCUT2D eigenvalue weighted by molar-refractivity contribution is 0.513. The largest absolute Gasteiger partial charge is 0.421 e. The van der Waals surface area contributed by atoms with E-state index in [9.17, 15) is 0 Å². The van der Waals surface area contributed by atoms with Crippen LogP contribution in [0.25, 0.3) is 11.5 Å². The predicted molar refractivity (Wildman–Crippen MR) is 76.6 cm³/mol. The molecule has 0 bridgehead atoms. The van der Waals surface area contributed by atoms with Gasteiger partial charge >= 0.3 is 0 Å². The minimum atomic E-state index is -0.279. The molecule has 1 N–H and O–H groups in total. The number of benzene rings is 1. The molecular formula is C15H10N6O. The first kappa shape index (κ1) is 14.8. The molecule has 2 aromatic rings. The van der Waals surface area contributed by atoms with Crippen molar-refractivity contribution in [2.24, 2.45) is 0 Å². The Balaban J connectivity index is 2.34. The maximum Gasteiger partial charge on any atom is 0.247 e. The minimum Gasteiger partial charge on any atom is -0.421 e. The Morgan fingerprint density at radius 1 is 1.18 bits per heavy atom. The fourth-order valence-electron chi connectivity index (χ4n) is 1.67. The average molecular weight is 290 g/mol. The molecule has 1 aromatic heterocycles. The highest BCUT2D eigenvalue weighted by molar-refractivity contribution is 5.65. The van der Waals surface area contributed by atoms with Crippen LogP contribution in [-0.4, -0.2) is 10.2 Å². The number of nitrogens with zero attached hydrogens (tertiary/aromatic N) is 5. The summed E-state index contributed by atoms with van der Waals surface area (Å²) in [6, 6.07) is 12.1. The van der Waals surface area contributed by atoms with Crippen molar-refractivity contribution in [1.29, 1.82) is 15.8 Å². The second-order valence-corrected chi connectivity index (χ2v) is 4.15. The van der Waals surface area contributed by atoms with E-state index in [0.717, 1.165) is 0 Å². The predicted octanol–water partition coefficient (Wildman–Crippen LogP) is 2.54. The van der Waals surface area contributed by atoms with Crippen LogP contribution in [0.1, 0.15) is 12.8 Å². The third-order valence-corrected chi connectivity index (χ3v) is 2.73. The van der Waals surface area contributed by atoms with Crippen LogP contribution >= 0.6 is 0 Å². The van der Waals surface area contributed by atoms with E-state index in [0.29, 0.717) is 29.5 Å². The Morgan fingerprint density at radius 3 is 2.55 bits per heavy atom. The van der Waals surface area contributed by atoms with E-state index in [4.69, 9.17) is 20.2 Å². The Bertz CT molecular complexity index is 828. The minimum absolute atomic E-state index is 0.109. The highest BCUT2D eigenvalue weighted by Crippen LogP contribution is 2.22. The molecular weight excluding hydrogens is 280 g/mol. The van der Waals surface area contributed by atoms with Gasteiger partial charge in [-0.1, -0.05) is 13.0 Å². The third kappa shape index (κ3) is 3.09. The zero-order valence-electron chi connectivity index (χ0n) is 11.7. The number of hydrogen-bond acceptors (Lipinski definition) is 7. The van der Waals surface area contributed by atoms with Crippen LogP contribution in [0.2, 0.25) is 0 Å². The van der Waals surface area contributed by atoms with Gasteiger partial charge in [0.25, 0.3) is 0 Å². The van der Waals surface area contributed by atoms with Crippen molar-refractivity contribution in [3.63, 3.8) is 0 Å². The number of allylic oxidation sites excluding steroid dienone is 2. The van der Waals surface area contributed by atoms with Crippen LogP contribution in [-0.2, 0) is 6.42 Å². The van der Waals surface area contributed by atoms with Crippen molar-refractivity contribution in [2.45, 2.75) is 13.3 Å². The van der Waals surface area contributed by atoms with Crippen LogP contribution in [0.4, 0.5) is 5.69 Å². The molecule has 22 heavy (non-hydrogen) atoms. The van der Waals surface area contributed by atoms with E-state index < -0.39 is 0 Å². The highest BCUT2D eigenvalue weighted by Gasteiger charge is 2.10. The molecule has 1 aromatic carbocycles. The van der Waals surface area contributed by atoms with Crippen molar-refractivity contribution in [3.05, 3.63) is 41.4 Å². The smallest absolute Gasteiger partial charge is 0.247 e. The number of aromatic nitrogens is 2. The molecule has 0 atom stereocenters. The van der Waals surface area contributed by atoms with Gasteiger partial charge in [0.2, 0.25) is 11.8 Å². The molecule has 2 rings (SSSR count). The van der Waals surface area contributed by atoms with Crippen LogP contribution in [0.15, 0.2) is 40.0 Å². The zero-order chi connectivity index (χ0) is 15.9. The average Bonchev–Trinajstić information content (AvgIpc) is 3.04. The highest BCUT2D eigenvalue weighted by atomic mass is 16.4. The number of rotatable bonds is 4. The second-order valence-electron chi connectivity index (χ2n) is 4.15. The van der Waals surface area contributed by atoms with E-state index in [1.54, 1.807) is 42.5 Å². The molecule has 7 heteroatoms. The van der Waals surface area contributed by atoms with Gasteiger partial charge in [0.1, 0.15) is 23.9 Å². The Kier molecular flexibility index (Phi) is 4.49. The zero-order valence-corrected chi connectivity index (χ0v) is 11.7. The molecule has 0 fully saturated rings. The lowest BCUT2D eigenvalue weighted by atomic mass is 10.2. The van der Waals surface area contributed by atoms with Crippen molar-refractivity contribution in [2.75, 3.05) is 5.32 Å². The SMILES string of the molecule is CCc1nnc(-c2cccc(NC(C#N)=C(C#N)C#N)c2)o1. The summed E-state index contributed by atoms with van der Waals surface area (Å²) in [4.78, 5) is 0. The van der Waals surface area contributed by atoms with Crippen molar-refractivity contribution < 1.29 is 4.42 Å². The molecule has 0 aliphatic carbocycles. The monoisotopic (exact) mass is 290 g/mol. The van der Waals surface area contributed by atoms with Crippen LogP contribution in [0.5, 0.6) is 0 Å². The summed E-state index contributed by atoms with van der Waals surface area (Å²) < 4.78 is 5.46. The first-order chi connectivity index (χ1) is 10.7. The summed E-state index contributed by atoms with van der Waals surface area (Å²) in [5.41, 5.74) is 0.819. The number of hydrogen-bond donors (Lipinski definition) is 1. The summed E-state index contributed by atoms with van der Waals surface area (Å²) in [6.07, 6.45) is 0.639. The van der Waals surface area contributed by atoms with E-state index in [1.165, 1.54) is 0 Å². The second kappa shape index (κ2) is 6.69. The van der Waals surface area contributed by atoms with Gasteiger partial charge in [0.05, 0.1) is 0 Å². The molecule has 0 aliphatic rings. The molecule has 1 heterocycles. The van der Waals surface area contributed by atoms with Gasteiger partial charge in [-0.2, -0.15) is 15.8 Å². The third-order valence-electron chi connectivity index (χ3n) is 2.73. The summed E-state index contributed by atoms with van der Waals surface area (Å²) >= 11 is 0. The van der Waals surface area contributed by atoms with Gasteiger partial charge in [-0.15, -0.1) is 10.2 Å². The van der Waals surface area contributed by atoms with Crippen LogP contribution in [0, 0.1) is 34.0 Å². The maximum absolute atomic E-state index is 9.03. The summed E-state index contributed by atoms with van der Waals surface area (Å²) in [5, 5.41) is 37.2. The fourth-order valence-corrected chi connectivity index (χ4v) is 1.67. The van der Waals surface area contributed by atoms with Gasteiger partial charge in [0.15, 0.2) is 5.57 Å². The van der Waals surface area contributed by atoms with E-state index in [-0.39, 0.29) is 11.3 Å². The first-order valence-electron chi connectivity index (χ1n) is 6.36.